The molecular formula is C18H21NO4S. The Kier molecular flexibility index (Phi) is 5.75. The maximum absolute atomic E-state index is 12.4. The van der Waals surface area contributed by atoms with Gasteiger partial charge in [0.25, 0.3) is 15.9 Å². The second-order valence-corrected chi connectivity index (χ2v) is 7.40. The average Bonchev–Trinajstić information content (AvgIpc) is 2.56. The molecule has 0 aliphatic carbocycles. The first-order chi connectivity index (χ1) is 11.3. The number of carbonyl (C=O) groups is 1. The van der Waals surface area contributed by atoms with Gasteiger partial charge in [-0.15, -0.1) is 0 Å². The van der Waals surface area contributed by atoms with Crippen molar-refractivity contribution in [2.24, 2.45) is 0 Å². The summed E-state index contributed by atoms with van der Waals surface area (Å²) in [6, 6.07) is 15.2. The van der Waals surface area contributed by atoms with Crippen molar-refractivity contribution in [3.05, 3.63) is 65.7 Å². The highest BCUT2D eigenvalue weighted by Crippen LogP contribution is 2.20. The lowest BCUT2D eigenvalue weighted by Crippen LogP contribution is -2.35. The number of hydrogen-bond acceptors (Lipinski definition) is 4. The summed E-state index contributed by atoms with van der Waals surface area (Å²) in [6.45, 7) is 4.04. The molecule has 1 atom stereocenters. The minimum Gasteiger partial charge on any atom is -0.367 e. The number of sulfonamides is 1. The van der Waals surface area contributed by atoms with Gasteiger partial charge in [-0.3, -0.25) is 4.79 Å². The first-order valence-electron chi connectivity index (χ1n) is 7.59. The normalized spacial score (nSPS) is 12.8. The van der Waals surface area contributed by atoms with Gasteiger partial charge in [0.15, 0.2) is 6.10 Å². The molecule has 0 heterocycles. The van der Waals surface area contributed by atoms with Crippen molar-refractivity contribution in [3.63, 3.8) is 0 Å². The molecule has 2 aromatic rings. The zero-order valence-corrected chi connectivity index (χ0v) is 14.7. The van der Waals surface area contributed by atoms with Gasteiger partial charge < -0.3 is 4.74 Å². The van der Waals surface area contributed by atoms with Gasteiger partial charge >= 0.3 is 0 Å². The molecule has 2 rings (SSSR count). The average molecular weight is 347 g/mol. The van der Waals surface area contributed by atoms with Crippen LogP contribution in [-0.2, 0) is 19.6 Å². The summed E-state index contributed by atoms with van der Waals surface area (Å²) in [6.07, 6.45) is -0.990. The number of methoxy groups -OCH3 is 1. The zero-order valence-electron chi connectivity index (χ0n) is 13.9. The zero-order chi connectivity index (χ0) is 17.7. The van der Waals surface area contributed by atoms with E-state index in [1.54, 1.807) is 42.5 Å². The predicted octanol–water partition coefficient (Wildman–Crippen LogP) is 3.00. The highest BCUT2D eigenvalue weighted by Gasteiger charge is 2.25. The summed E-state index contributed by atoms with van der Waals surface area (Å²) in [5, 5.41) is 0. The fourth-order valence-corrected chi connectivity index (χ4v) is 3.28. The highest BCUT2D eigenvalue weighted by atomic mass is 32.2. The Bertz CT molecular complexity index is 784. The predicted molar refractivity (Wildman–Crippen MR) is 92.1 cm³/mol. The van der Waals surface area contributed by atoms with Crippen molar-refractivity contribution in [1.29, 1.82) is 0 Å². The van der Waals surface area contributed by atoms with Crippen LogP contribution in [0.15, 0.2) is 59.5 Å². The van der Waals surface area contributed by atoms with Crippen molar-refractivity contribution in [2.45, 2.75) is 30.8 Å². The molecule has 0 aliphatic rings. The van der Waals surface area contributed by atoms with Gasteiger partial charge in [0.2, 0.25) is 0 Å². The van der Waals surface area contributed by atoms with Gasteiger partial charge in [-0.2, -0.15) is 0 Å². The third-order valence-electron chi connectivity index (χ3n) is 3.67. The van der Waals surface area contributed by atoms with E-state index >= 15 is 0 Å². The Morgan fingerprint density at radius 3 is 2.04 bits per heavy atom. The van der Waals surface area contributed by atoms with Gasteiger partial charge in [-0.25, -0.2) is 13.1 Å². The van der Waals surface area contributed by atoms with Crippen LogP contribution in [0.1, 0.15) is 37.0 Å². The molecule has 0 aromatic heterocycles. The summed E-state index contributed by atoms with van der Waals surface area (Å²) in [4.78, 5) is 12.4. The lowest BCUT2D eigenvalue weighted by molar-refractivity contribution is -0.129. The van der Waals surface area contributed by atoms with Gasteiger partial charge in [0, 0.05) is 7.11 Å². The van der Waals surface area contributed by atoms with E-state index in [0.717, 1.165) is 5.56 Å². The topological polar surface area (TPSA) is 72.5 Å². The van der Waals surface area contributed by atoms with E-state index in [0.29, 0.717) is 11.5 Å². The Labute approximate surface area is 142 Å². The number of rotatable bonds is 6. The summed E-state index contributed by atoms with van der Waals surface area (Å²) in [7, 11) is -2.58. The fraction of sp³-hybridized carbons (Fsp3) is 0.278. The first kappa shape index (κ1) is 18.2. The second kappa shape index (κ2) is 7.59. The van der Waals surface area contributed by atoms with Crippen LogP contribution in [-0.4, -0.2) is 21.4 Å². The molecule has 5 nitrogen and oxygen atoms in total. The summed E-state index contributed by atoms with van der Waals surface area (Å²) in [5.41, 5.74) is 1.61. The van der Waals surface area contributed by atoms with Crippen LogP contribution in [0.25, 0.3) is 0 Å². The monoisotopic (exact) mass is 347 g/mol. The van der Waals surface area contributed by atoms with E-state index in [9.17, 15) is 13.2 Å². The van der Waals surface area contributed by atoms with Crippen LogP contribution in [0.2, 0.25) is 0 Å². The third kappa shape index (κ3) is 4.21. The molecule has 0 saturated heterocycles. The van der Waals surface area contributed by atoms with Crippen LogP contribution in [0.3, 0.4) is 0 Å². The molecule has 0 fully saturated rings. The largest absolute Gasteiger partial charge is 0.367 e. The minimum atomic E-state index is -3.94. The van der Waals surface area contributed by atoms with E-state index in [1.807, 2.05) is 13.8 Å². The second-order valence-electron chi connectivity index (χ2n) is 5.72. The standard InChI is InChI=1S/C18H21NO4S/c1-13(2)14-9-11-16(12-10-14)24(21,22)19-18(20)17(23-3)15-7-5-4-6-8-15/h4-13,17H,1-3H3,(H,19,20)/t17-/m1/s1. The molecule has 0 aliphatic heterocycles. The lowest BCUT2D eigenvalue weighted by Gasteiger charge is -2.16. The molecule has 2 aromatic carbocycles. The maximum atomic E-state index is 12.4. The number of benzene rings is 2. The third-order valence-corrected chi connectivity index (χ3v) is 5.03. The number of carbonyl (C=O) groups excluding carboxylic acids is 1. The molecule has 6 heteroatoms. The van der Waals surface area contributed by atoms with Gasteiger partial charge in [-0.05, 0) is 29.2 Å². The SMILES string of the molecule is CO[C@@H](C(=O)NS(=O)(=O)c1ccc(C(C)C)cc1)c1ccccc1. The van der Waals surface area contributed by atoms with E-state index < -0.39 is 22.0 Å². The minimum absolute atomic E-state index is 0.0446. The van der Waals surface area contributed by atoms with Crippen LogP contribution < -0.4 is 4.72 Å². The van der Waals surface area contributed by atoms with E-state index in [4.69, 9.17) is 4.74 Å². The first-order valence-corrected chi connectivity index (χ1v) is 9.08. The summed E-state index contributed by atoms with van der Waals surface area (Å²) in [5.74, 6) is -0.427. The molecule has 0 bridgehead atoms. The van der Waals surface area contributed by atoms with Crippen molar-refractivity contribution < 1.29 is 17.9 Å². The molecule has 128 valence electrons. The Morgan fingerprint density at radius 2 is 1.54 bits per heavy atom. The molecule has 0 saturated carbocycles. The van der Waals surface area contributed by atoms with Gasteiger partial charge in [0.05, 0.1) is 4.90 Å². The number of ether oxygens (including phenoxy) is 1. The Balaban J connectivity index is 2.20. The lowest BCUT2D eigenvalue weighted by atomic mass is 10.0. The van der Waals surface area contributed by atoms with E-state index in [1.165, 1.54) is 19.2 Å². The highest BCUT2D eigenvalue weighted by molar-refractivity contribution is 7.90. The van der Waals surface area contributed by atoms with Crippen molar-refractivity contribution >= 4 is 15.9 Å². The summed E-state index contributed by atoms with van der Waals surface area (Å²) >= 11 is 0. The molecule has 0 unspecified atom stereocenters. The molecule has 1 amide bonds. The Morgan fingerprint density at radius 1 is 0.958 bits per heavy atom. The maximum Gasteiger partial charge on any atom is 0.267 e. The van der Waals surface area contributed by atoms with Crippen LogP contribution >= 0.6 is 0 Å². The quantitative estimate of drug-likeness (QED) is 0.872. The van der Waals surface area contributed by atoms with Crippen molar-refractivity contribution in [3.8, 4) is 0 Å². The van der Waals surface area contributed by atoms with Gasteiger partial charge in [0.1, 0.15) is 0 Å². The molecule has 0 radical (unpaired) electrons. The van der Waals surface area contributed by atoms with E-state index in [2.05, 4.69) is 4.72 Å². The molecule has 24 heavy (non-hydrogen) atoms. The number of hydrogen-bond donors (Lipinski definition) is 1. The summed E-state index contributed by atoms with van der Waals surface area (Å²) < 4.78 is 32.0. The molecule has 1 N–H and O–H groups in total. The van der Waals surface area contributed by atoms with Crippen LogP contribution in [0.5, 0.6) is 0 Å². The van der Waals surface area contributed by atoms with Gasteiger partial charge in [-0.1, -0.05) is 56.3 Å². The number of amides is 1. The van der Waals surface area contributed by atoms with E-state index in [-0.39, 0.29) is 4.90 Å². The smallest absolute Gasteiger partial charge is 0.267 e. The molecule has 0 spiro atoms. The fourth-order valence-electron chi connectivity index (χ4n) is 2.30. The van der Waals surface area contributed by atoms with Crippen LogP contribution in [0.4, 0.5) is 0 Å². The van der Waals surface area contributed by atoms with Crippen molar-refractivity contribution in [1.82, 2.24) is 4.72 Å². The number of nitrogens with one attached hydrogen (secondary N) is 1. The molecular weight excluding hydrogens is 326 g/mol. The van der Waals surface area contributed by atoms with Crippen LogP contribution in [0, 0.1) is 0 Å². The Hall–Kier alpha value is -2.18. The van der Waals surface area contributed by atoms with Crippen molar-refractivity contribution in [2.75, 3.05) is 7.11 Å².